The Morgan fingerprint density at radius 3 is 3.08 bits per heavy atom. The number of carbonyl (C=O) groups is 1. The molecule has 0 spiro atoms. The van der Waals surface area contributed by atoms with Crippen LogP contribution in [-0.4, -0.2) is 16.9 Å². The first-order valence-corrected chi connectivity index (χ1v) is 4.67. The zero-order chi connectivity index (χ0) is 9.26. The Morgan fingerprint density at radius 2 is 2.54 bits per heavy atom. The molecule has 0 radical (unpaired) electrons. The largest absolute Gasteiger partial charge is 0.365 e. The molecule has 0 saturated heterocycles. The van der Waals surface area contributed by atoms with Crippen LogP contribution >= 0.6 is 0 Å². The fraction of sp³-hybridized carbons (Fsp3) is 0.500. The molecule has 1 aliphatic carbocycles. The molecule has 2 N–H and O–H groups in total. The fourth-order valence-corrected chi connectivity index (χ4v) is 1.43. The average Bonchev–Trinajstić information content (AvgIpc) is 2.61. The van der Waals surface area contributed by atoms with E-state index in [-0.39, 0.29) is 5.91 Å². The number of H-pyrrole nitrogens is 1. The quantitative estimate of drug-likeness (QED) is 0.714. The van der Waals surface area contributed by atoms with Crippen LogP contribution in [0.2, 0.25) is 0 Å². The van der Waals surface area contributed by atoms with Gasteiger partial charge in [-0.15, -0.1) is 0 Å². The van der Waals surface area contributed by atoms with Gasteiger partial charge in [-0.3, -0.25) is 4.79 Å². The Kier molecular flexibility index (Phi) is 2.08. The van der Waals surface area contributed by atoms with E-state index in [0.717, 1.165) is 12.1 Å². The first-order chi connectivity index (χ1) is 6.25. The standard InChI is InChI=1S/C10H14N2O/c1-7-5-9(7)12-10(13)6-8-3-2-4-11-8/h2-4,7,9,11H,5-6H2,1H3,(H,12,13). The molecule has 1 heterocycles. The van der Waals surface area contributed by atoms with Gasteiger partial charge in [-0.25, -0.2) is 0 Å². The van der Waals surface area contributed by atoms with Crippen molar-refractivity contribution >= 4 is 5.91 Å². The van der Waals surface area contributed by atoms with E-state index >= 15 is 0 Å². The monoisotopic (exact) mass is 178 g/mol. The molecule has 1 saturated carbocycles. The molecule has 3 heteroatoms. The summed E-state index contributed by atoms with van der Waals surface area (Å²) in [6, 6.07) is 4.26. The smallest absolute Gasteiger partial charge is 0.226 e. The molecular weight excluding hydrogens is 164 g/mol. The van der Waals surface area contributed by atoms with Crippen LogP contribution < -0.4 is 5.32 Å². The molecule has 1 fully saturated rings. The molecular formula is C10H14N2O. The summed E-state index contributed by atoms with van der Waals surface area (Å²) in [5, 5.41) is 2.98. The highest BCUT2D eigenvalue weighted by molar-refractivity contribution is 5.78. The molecule has 0 aliphatic heterocycles. The number of nitrogens with one attached hydrogen (secondary N) is 2. The van der Waals surface area contributed by atoms with Gasteiger partial charge in [0.2, 0.25) is 5.91 Å². The summed E-state index contributed by atoms with van der Waals surface area (Å²) in [5.74, 6) is 0.796. The van der Waals surface area contributed by atoms with E-state index in [1.54, 1.807) is 0 Å². The molecule has 1 amide bonds. The Labute approximate surface area is 77.5 Å². The minimum Gasteiger partial charge on any atom is -0.365 e. The van der Waals surface area contributed by atoms with Crippen molar-refractivity contribution in [3.05, 3.63) is 24.0 Å². The zero-order valence-electron chi connectivity index (χ0n) is 7.71. The molecule has 2 atom stereocenters. The van der Waals surface area contributed by atoms with Crippen molar-refractivity contribution in [3.8, 4) is 0 Å². The fourth-order valence-electron chi connectivity index (χ4n) is 1.43. The van der Waals surface area contributed by atoms with Gasteiger partial charge in [0.25, 0.3) is 0 Å². The van der Waals surface area contributed by atoms with Crippen LogP contribution in [0.1, 0.15) is 19.0 Å². The first-order valence-electron chi connectivity index (χ1n) is 4.67. The predicted molar refractivity (Wildman–Crippen MR) is 50.2 cm³/mol. The van der Waals surface area contributed by atoms with E-state index in [1.807, 2.05) is 18.3 Å². The Morgan fingerprint density at radius 1 is 1.77 bits per heavy atom. The second kappa shape index (κ2) is 3.24. The van der Waals surface area contributed by atoms with Gasteiger partial charge in [-0.2, -0.15) is 0 Å². The lowest BCUT2D eigenvalue weighted by molar-refractivity contribution is -0.120. The van der Waals surface area contributed by atoms with Crippen LogP contribution in [0.4, 0.5) is 0 Å². The third-order valence-corrected chi connectivity index (χ3v) is 2.47. The number of aromatic nitrogens is 1. The normalized spacial score (nSPS) is 25.6. The molecule has 70 valence electrons. The van der Waals surface area contributed by atoms with Crippen molar-refractivity contribution < 1.29 is 4.79 Å². The molecule has 1 aromatic rings. The number of amides is 1. The van der Waals surface area contributed by atoms with Gasteiger partial charge in [0, 0.05) is 17.9 Å². The van der Waals surface area contributed by atoms with Crippen LogP contribution in [0.3, 0.4) is 0 Å². The number of rotatable bonds is 3. The summed E-state index contributed by atoms with van der Waals surface area (Å²) in [7, 11) is 0. The summed E-state index contributed by atoms with van der Waals surface area (Å²) < 4.78 is 0. The van der Waals surface area contributed by atoms with Gasteiger partial charge >= 0.3 is 0 Å². The Balaban J connectivity index is 1.79. The van der Waals surface area contributed by atoms with Crippen molar-refractivity contribution in [3.63, 3.8) is 0 Å². The third-order valence-electron chi connectivity index (χ3n) is 2.47. The van der Waals surface area contributed by atoms with Crippen LogP contribution in [0.25, 0.3) is 0 Å². The number of hydrogen-bond donors (Lipinski definition) is 2. The molecule has 2 unspecified atom stereocenters. The highest BCUT2D eigenvalue weighted by Crippen LogP contribution is 2.28. The van der Waals surface area contributed by atoms with Gasteiger partial charge in [0.05, 0.1) is 6.42 Å². The molecule has 13 heavy (non-hydrogen) atoms. The number of aromatic amines is 1. The number of hydrogen-bond acceptors (Lipinski definition) is 1. The summed E-state index contributed by atoms with van der Waals surface area (Å²) >= 11 is 0. The Hall–Kier alpha value is -1.25. The van der Waals surface area contributed by atoms with E-state index in [4.69, 9.17) is 0 Å². The lowest BCUT2D eigenvalue weighted by Crippen LogP contribution is -2.28. The average molecular weight is 178 g/mol. The third kappa shape index (κ3) is 2.11. The van der Waals surface area contributed by atoms with Crippen LogP contribution in [0.5, 0.6) is 0 Å². The van der Waals surface area contributed by atoms with E-state index in [1.165, 1.54) is 0 Å². The van der Waals surface area contributed by atoms with Crippen molar-refractivity contribution in [2.75, 3.05) is 0 Å². The van der Waals surface area contributed by atoms with E-state index in [2.05, 4.69) is 17.2 Å². The molecule has 1 aromatic heterocycles. The van der Waals surface area contributed by atoms with Crippen molar-refractivity contribution in [1.29, 1.82) is 0 Å². The Bertz CT molecular complexity index is 292. The van der Waals surface area contributed by atoms with Crippen molar-refractivity contribution in [2.45, 2.75) is 25.8 Å². The van der Waals surface area contributed by atoms with E-state index in [9.17, 15) is 4.79 Å². The highest BCUT2D eigenvalue weighted by atomic mass is 16.1. The maximum Gasteiger partial charge on any atom is 0.226 e. The van der Waals surface area contributed by atoms with E-state index < -0.39 is 0 Å². The van der Waals surface area contributed by atoms with Crippen molar-refractivity contribution in [1.82, 2.24) is 10.3 Å². The molecule has 0 bridgehead atoms. The molecule has 3 nitrogen and oxygen atoms in total. The SMILES string of the molecule is CC1CC1NC(=O)Cc1ccc[nH]1. The summed E-state index contributed by atoms with van der Waals surface area (Å²) in [6.45, 7) is 2.15. The predicted octanol–water partition coefficient (Wildman–Crippen LogP) is 1.08. The lowest BCUT2D eigenvalue weighted by atomic mass is 10.3. The van der Waals surface area contributed by atoms with Gasteiger partial charge in [-0.05, 0) is 24.5 Å². The van der Waals surface area contributed by atoms with Gasteiger partial charge in [-0.1, -0.05) is 6.92 Å². The number of carbonyl (C=O) groups excluding carboxylic acids is 1. The van der Waals surface area contributed by atoms with Crippen LogP contribution in [0.15, 0.2) is 18.3 Å². The van der Waals surface area contributed by atoms with Gasteiger partial charge in [0.15, 0.2) is 0 Å². The summed E-state index contributed by atoms with van der Waals surface area (Å²) in [5.41, 5.74) is 0.978. The van der Waals surface area contributed by atoms with E-state index in [0.29, 0.717) is 18.4 Å². The molecule has 0 aromatic carbocycles. The first kappa shape index (κ1) is 8.35. The summed E-state index contributed by atoms with van der Waals surface area (Å²) in [6.07, 6.45) is 3.44. The zero-order valence-corrected chi connectivity index (χ0v) is 7.71. The van der Waals surface area contributed by atoms with Crippen LogP contribution in [-0.2, 0) is 11.2 Å². The topological polar surface area (TPSA) is 44.9 Å². The van der Waals surface area contributed by atoms with Gasteiger partial charge in [0.1, 0.15) is 0 Å². The highest BCUT2D eigenvalue weighted by Gasteiger charge is 2.33. The second-order valence-corrected chi connectivity index (χ2v) is 3.76. The molecule has 2 rings (SSSR count). The lowest BCUT2D eigenvalue weighted by Gasteiger charge is -2.01. The van der Waals surface area contributed by atoms with Crippen molar-refractivity contribution in [2.24, 2.45) is 5.92 Å². The molecule has 1 aliphatic rings. The summed E-state index contributed by atoms with van der Waals surface area (Å²) in [4.78, 5) is 14.4. The maximum atomic E-state index is 11.4. The minimum absolute atomic E-state index is 0.122. The second-order valence-electron chi connectivity index (χ2n) is 3.76. The maximum absolute atomic E-state index is 11.4. The van der Waals surface area contributed by atoms with Gasteiger partial charge < -0.3 is 10.3 Å². The minimum atomic E-state index is 0.122. The van der Waals surface area contributed by atoms with Crippen LogP contribution in [0, 0.1) is 5.92 Å².